The van der Waals surface area contributed by atoms with Crippen molar-refractivity contribution in [1.29, 1.82) is 0 Å². The predicted octanol–water partition coefficient (Wildman–Crippen LogP) is 2.32. The summed E-state index contributed by atoms with van der Waals surface area (Å²) >= 11 is 0. The maximum absolute atomic E-state index is 6.18. The predicted molar refractivity (Wildman–Crippen MR) is 77.3 cm³/mol. The Morgan fingerprint density at radius 2 is 2.21 bits per heavy atom. The van der Waals surface area contributed by atoms with Crippen molar-refractivity contribution < 1.29 is 4.74 Å². The van der Waals surface area contributed by atoms with Gasteiger partial charge in [0.05, 0.1) is 6.61 Å². The maximum Gasteiger partial charge on any atom is 0.122 e. The first-order chi connectivity index (χ1) is 9.24. The highest BCUT2D eigenvalue weighted by Gasteiger charge is 2.27. The fraction of sp³-hybridized carbons (Fsp3) is 0.625. The summed E-state index contributed by atoms with van der Waals surface area (Å²) in [5.74, 6) is 1.08. The highest BCUT2D eigenvalue weighted by atomic mass is 16.5. The lowest BCUT2D eigenvalue weighted by Crippen LogP contribution is -2.41. The minimum Gasteiger partial charge on any atom is -0.493 e. The van der Waals surface area contributed by atoms with Gasteiger partial charge >= 0.3 is 0 Å². The molecule has 3 nitrogen and oxygen atoms in total. The zero-order valence-corrected chi connectivity index (χ0v) is 11.8. The molecule has 0 bridgehead atoms. The first-order valence-corrected chi connectivity index (χ1v) is 7.44. The van der Waals surface area contributed by atoms with E-state index in [-0.39, 0.29) is 0 Å². The summed E-state index contributed by atoms with van der Waals surface area (Å²) in [6.45, 7) is 1.86. The number of likely N-dealkylation sites (N-methyl/N-ethyl adjacent to an activating group) is 1. The van der Waals surface area contributed by atoms with E-state index in [9.17, 15) is 0 Å². The molecule has 104 valence electrons. The summed E-state index contributed by atoms with van der Waals surface area (Å²) in [4.78, 5) is 2.42. The summed E-state index contributed by atoms with van der Waals surface area (Å²) in [6, 6.07) is 7.54. The standard InChI is InChI=1S/C16H24N2O/c1-18(15-6-2-5-14(15)17)11-12-7-8-16-13(10-12)4-3-9-19-16/h7-8,10,14-15H,2-6,9,11,17H2,1H3. The van der Waals surface area contributed by atoms with Gasteiger partial charge in [-0.15, -0.1) is 0 Å². The molecule has 2 aliphatic rings. The molecule has 3 heteroatoms. The molecule has 2 atom stereocenters. The normalized spacial score (nSPS) is 26.3. The largest absolute Gasteiger partial charge is 0.493 e. The number of rotatable bonds is 3. The molecule has 19 heavy (non-hydrogen) atoms. The van der Waals surface area contributed by atoms with Crippen molar-refractivity contribution in [3.63, 3.8) is 0 Å². The number of fused-ring (bicyclic) bond motifs is 1. The molecule has 0 radical (unpaired) electrons. The number of hydrogen-bond donors (Lipinski definition) is 1. The average molecular weight is 260 g/mol. The summed E-state index contributed by atoms with van der Waals surface area (Å²) in [5, 5.41) is 0. The monoisotopic (exact) mass is 260 g/mol. The van der Waals surface area contributed by atoms with Crippen LogP contribution in [0.4, 0.5) is 0 Å². The van der Waals surface area contributed by atoms with Crippen molar-refractivity contribution in [3.05, 3.63) is 29.3 Å². The second kappa shape index (κ2) is 5.51. The lowest BCUT2D eigenvalue weighted by Gasteiger charge is -2.28. The Bertz CT molecular complexity index is 446. The van der Waals surface area contributed by atoms with Gasteiger partial charge in [0.25, 0.3) is 0 Å². The van der Waals surface area contributed by atoms with E-state index in [1.54, 1.807) is 0 Å². The lowest BCUT2D eigenvalue weighted by molar-refractivity contribution is 0.220. The van der Waals surface area contributed by atoms with Gasteiger partial charge in [-0.25, -0.2) is 0 Å². The molecule has 1 fully saturated rings. The second-order valence-electron chi connectivity index (χ2n) is 5.97. The minimum atomic E-state index is 0.353. The van der Waals surface area contributed by atoms with Crippen LogP contribution in [0.1, 0.15) is 36.8 Å². The van der Waals surface area contributed by atoms with E-state index in [0.29, 0.717) is 12.1 Å². The van der Waals surface area contributed by atoms with Crippen LogP contribution < -0.4 is 10.5 Å². The van der Waals surface area contributed by atoms with Crippen LogP contribution in [0, 0.1) is 0 Å². The highest BCUT2D eigenvalue weighted by molar-refractivity contribution is 5.38. The number of nitrogens with zero attached hydrogens (tertiary/aromatic N) is 1. The smallest absolute Gasteiger partial charge is 0.122 e. The lowest BCUT2D eigenvalue weighted by atomic mass is 10.0. The molecular weight excluding hydrogens is 236 g/mol. The third-order valence-electron chi connectivity index (χ3n) is 4.50. The number of hydrogen-bond acceptors (Lipinski definition) is 3. The van der Waals surface area contributed by atoms with E-state index < -0.39 is 0 Å². The molecule has 1 aromatic rings. The zero-order valence-electron chi connectivity index (χ0n) is 11.8. The van der Waals surface area contributed by atoms with Gasteiger partial charge in [-0.3, -0.25) is 4.90 Å². The molecule has 2 N–H and O–H groups in total. The Morgan fingerprint density at radius 1 is 1.32 bits per heavy atom. The summed E-state index contributed by atoms with van der Waals surface area (Å²) in [6.07, 6.45) is 5.97. The molecule has 3 rings (SSSR count). The minimum absolute atomic E-state index is 0.353. The maximum atomic E-state index is 6.18. The van der Waals surface area contributed by atoms with Crippen LogP contribution in [0.5, 0.6) is 5.75 Å². The van der Waals surface area contributed by atoms with Crippen molar-refractivity contribution in [1.82, 2.24) is 4.90 Å². The van der Waals surface area contributed by atoms with Crippen LogP contribution in [0.25, 0.3) is 0 Å². The Hall–Kier alpha value is -1.06. The molecule has 1 aliphatic carbocycles. The van der Waals surface area contributed by atoms with Crippen LogP contribution in [-0.2, 0) is 13.0 Å². The summed E-state index contributed by atoms with van der Waals surface area (Å²) < 4.78 is 5.67. The van der Waals surface area contributed by atoms with Gasteiger partial charge in [0, 0.05) is 18.6 Å². The van der Waals surface area contributed by atoms with Crippen molar-refractivity contribution in [2.45, 2.75) is 50.7 Å². The SMILES string of the molecule is CN(Cc1ccc2c(c1)CCCO2)C1CCCC1N. The number of benzene rings is 1. The van der Waals surface area contributed by atoms with Gasteiger partial charge in [0.1, 0.15) is 5.75 Å². The zero-order chi connectivity index (χ0) is 13.2. The van der Waals surface area contributed by atoms with E-state index in [1.165, 1.54) is 30.4 Å². The third kappa shape index (κ3) is 2.77. The third-order valence-corrected chi connectivity index (χ3v) is 4.50. The van der Waals surface area contributed by atoms with Crippen LogP contribution in [0.2, 0.25) is 0 Å². The molecular formula is C16H24N2O. The number of nitrogens with two attached hydrogens (primary N) is 1. The van der Waals surface area contributed by atoms with Gasteiger partial charge < -0.3 is 10.5 Å². The van der Waals surface area contributed by atoms with Crippen LogP contribution >= 0.6 is 0 Å². The van der Waals surface area contributed by atoms with Gasteiger partial charge in [0.2, 0.25) is 0 Å². The van der Waals surface area contributed by atoms with Crippen molar-refractivity contribution in [2.75, 3.05) is 13.7 Å². The van der Waals surface area contributed by atoms with E-state index in [4.69, 9.17) is 10.5 Å². The average Bonchev–Trinajstić information content (AvgIpc) is 2.85. The fourth-order valence-corrected chi connectivity index (χ4v) is 3.43. The van der Waals surface area contributed by atoms with Crippen molar-refractivity contribution >= 4 is 0 Å². The van der Waals surface area contributed by atoms with E-state index in [2.05, 4.69) is 30.1 Å². The molecule has 2 unspecified atom stereocenters. The first kappa shape index (κ1) is 12.9. The van der Waals surface area contributed by atoms with E-state index >= 15 is 0 Å². The Morgan fingerprint density at radius 3 is 3.00 bits per heavy atom. The molecule has 1 aromatic carbocycles. The van der Waals surface area contributed by atoms with Crippen molar-refractivity contribution in [3.8, 4) is 5.75 Å². The van der Waals surface area contributed by atoms with Crippen LogP contribution in [-0.4, -0.2) is 30.6 Å². The fourth-order valence-electron chi connectivity index (χ4n) is 3.43. The van der Waals surface area contributed by atoms with Gasteiger partial charge in [-0.1, -0.05) is 18.6 Å². The van der Waals surface area contributed by atoms with Crippen molar-refractivity contribution in [2.24, 2.45) is 5.73 Å². The Balaban J connectivity index is 1.69. The van der Waals surface area contributed by atoms with Gasteiger partial charge in [0.15, 0.2) is 0 Å². The Labute approximate surface area is 115 Å². The Kier molecular flexibility index (Phi) is 3.76. The number of ether oxygens (including phenoxy) is 1. The molecule has 1 heterocycles. The summed E-state index contributed by atoms with van der Waals surface area (Å²) in [7, 11) is 2.20. The van der Waals surface area contributed by atoms with Gasteiger partial charge in [-0.2, -0.15) is 0 Å². The molecule has 0 aromatic heterocycles. The summed E-state index contributed by atoms with van der Waals surface area (Å²) in [5.41, 5.74) is 8.93. The van der Waals surface area contributed by atoms with Crippen LogP contribution in [0.15, 0.2) is 18.2 Å². The quantitative estimate of drug-likeness (QED) is 0.906. The van der Waals surface area contributed by atoms with Gasteiger partial charge in [-0.05, 0) is 49.9 Å². The van der Waals surface area contributed by atoms with Crippen LogP contribution in [0.3, 0.4) is 0 Å². The van der Waals surface area contributed by atoms with E-state index in [0.717, 1.165) is 31.7 Å². The second-order valence-corrected chi connectivity index (χ2v) is 5.97. The molecule has 0 saturated heterocycles. The number of aryl methyl sites for hydroxylation is 1. The molecule has 1 saturated carbocycles. The first-order valence-electron chi connectivity index (χ1n) is 7.44. The van der Waals surface area contributed by atoms with E-state index in [1.807, 2.05) is 0 Å². The molecule has 0 amide bonds. The molecule has 1 aliphatic heterocycles. The highest BCUT2D eigenvalue weighted by Crippen LogP contribution is 2.27. The topological polar surface area (TPSA) is 38.5 Å². The molecule has 0 spiro atoms.